The van der Waals surface area contributed by atoms with Crippen molar-refractivity contribution in [1.29, 1.82) is 0 Å². The Morgan fingerprint density at radius 2 is 2.30 bits per heavy atom. The minimum absolute atomic E-state index is 0.170. The quantitative estimate of drug-likeness (QED) is 0.721. The number of nitrogens with zero attached hydrogens (tertiary/aromatic N) is 2. The highest BCUT2D eigenvalue weighted by molar-refractivity contribution is 7.89. The maximum atomic E-state index is 12.4. The lowest BCUT2D eigenvalue weighted by Crippen LogP contribution is -2.26. The monoisotopic (exact) mass is 357 g/mol. The summed E-state index contributed by atoms with van der Waals surface area (Å²) in [5.74, 6) is 0. The summed E-state index contributed by atoms with van der Waals surface area (Å²) in [5, 5.41) is 0. The van der Waals surface area contributed by atoms with Crippen LogP contribution in [0.1, 0.15) is 19.3 Å². The molecule has 1 aromatic heterocycles. The first-order valence-electron chi connectivity index (χ1n) is 7.57. The van der Waals surface area contributed by atoms with Gasteiger partial charge in [-0.25, -0.2) is 13.1 Å². The van der Waals surface area contributed by atoms with E-state index in [1.54, 1.807) is 18.2 Å². The lowest BCUT2D eigenvalue weighted by molar-refractivity contribution is 0.0169. The van der Waals surface area contributed by atoms with Crippen LogP contribution < -0.4 is 4.72 Å². The summed E-state index contributed by atoms with van der Waals surface area (Å²) in [5.41, 5.74) is 1.01. The van der Waals surface area contributed by atoms with Crippen LogP contribution in [-0.2, 0) is 19.5 Å². The minimum atomic E-state index is -3.59. The van der Waals surface area contributed by atoms with E-state index in [9.17, 15) is 8.42 Å². The van der Waals surface area contributed by atoms with E-state index in [0.717, 1.165) is 31.2 Å². The van der Waals surface area contributed by atoms with Crippen LogP contribution in [0.25, 0.3) is 11.0 Å². The van der Waals surface area contributed by atoms with Gasteiger partial charge in [0.25, 0.3) is 0 Å². The molecule has 7 nitrogen and oxygen atoms in total. The SMILES string of the molecule is O=S(=O)(NCCCOCC1CCCO1)c1cccc2nsnc12. The van der Waals surface area contributed by atoms with Gasteiger partial charge in [0.15, 0.2) is 0 Å². The Morgan fingerprint density at radius 3 is 3.13 bits per heavy atom. The molecule has 1 aliphatic heterocycles. The van der Waals surface area contributed by atoms with Crippen LogP contribution in [0, 0.1) is 0 Å². The first-order valence-corrected chi connectivity index (χ1v) is 9.78. The standard InChI is InChI=1S/C14H19N3O4S2/c18-23(19,13-6-1-5-12-14(13)17-22-16-12)15-7-3-8-20-10-11-4-2-9-21-11/h1,5-6,11,15H,2-4,7-10H2. The van der Waals surface area contributed by atoms with Crippen LogP contribution in [0.5, 0.6) is 0 Å². The number of sulfonamides is 1. The van der Waals surface area contributed by atoms with Crippen molar-refractivity contribution in [2.75, 3.05) is 26.4 Å². The molecule has 1 N–H and O–H groups in total. The molecule has 0 radical (unpaired) electrons. The summed E-state index contributed by atoms with van der Waals surface area (Å²) in [6.07, 6.45) is 2.93. The highest BCUT2D eigenvalue weighted by Gasteiger charge is 2.19. The van der Waals surface area contributed by atoms with Crippen molar-refractivity contribution in [3.63, 3.8) is 0 Å². The zero-order valence-corrected chi connectivity index (χ0v) is 14.2. The Kier molecular flexibility index (Phi) is 5.54. The Morgan fingerprint density at radius 1 is 1.39 bits per heavy atom. The Bertz CT molecular complexity index is 741. The van der Waals surface area contributed by atoms with E-state index < -0.39 is 10.0 Å². The number of nitrogens with one attached hydrogen (secondary N) is 1. The largest absolute Gasteiger partial charge is 0.379 e. The Labute approximate surface area is 139 Å². The molecule has 1 aliphatic rings. The molecule has 1 unspecified atom stereocenters. The zero-order valence-electron chi connectivity index (χ0n) is 12.6. The van der Waals surface area contributed by atoms with Crippen molar-refractivity contribution in [1.82, 2.24) is 13.5 Å². The van der Waals surface area contributed by atoms with Crippen molar-refractivity contribution in [2.24, 2.45) is 0 Å². The van der Waals surface area contributed by atoms with Gasteiger partial charge >= 0.3 is 0 Å². The predicted octanol–water partition coefficient (Wildman–Crippen LogP) is 1.56. The van der Waals surface area contributed by atoms with E-state index in [2.05, 4.69) is 13.5 Å². The number of rotatable bonds is 8. The number of ether oxygens (including phenoxy) is 2. The van der Waals surface area contributed by atoms with E-state index in [1.807, 2.05) is 0 Å². The van der Waals surface area contributed by atoms with Crippen LogP contribution in [0.3, 0.4) is 0 Å². The molecule has 9 heteroatoms. The van der Waals surface area contributed by atoms with E-state index >= 15 is 0 Å². The van der Waals surface area contributed by atoms with E-state index in [-0.39, 0.29) is 11.0 Å². The average Bonchev–Trinajstić information content (AvgIpc) is 3.21. The normalized spacial score (nSPS) is 18.7. The molecule has 0 spiro atoms. The van der Waals surface area contributed by atoms with Crippen LogP contribution in [0.15, 0.2) is 23.1 Å². The Balaban J connectivity index is 1.46. The molecule has 23 heavy (non-hydrogen) atoms. The molecule has 3 rings (SSSR count). The molecular formula is C14H19N3O4S2. The molecule has 0 amide bonds. The topological polar surface area (TPSA) is 90.4 Å². The summed E-state index contributed by atoms with van der Waals surface area (Å²) >= 11 is 1.01. The van der Waals surface area contributed by atoms with Gasteiger partial charge in [-0.15, -0.1) is 0 Å². The second kappa shape index (κ2) is 7.63. The molecule has 0 saturated carbocycles. The lowest BCUT2D eigenvalue weighted by Gasteiger charge is -2.10. The van der Waals surface area contributed by atoms with Gasteiger partial charge in [-0.05, 0) is 31.4 Å². The van der Waals surface area contributed by atoms with Crippen LogP contribution in [-0.4, -0.2) is 49.6 Å². The number of aromatic nitrogens is 2. The van der Waals surface area contributed by atoms with E-state index in [0.29, 0.717) is 37.2 Å². The molecule has 0 bridgehead atoms. The maximum Gasteiger partial charge on any atom is 0.242 e. The molecule has 2 aromatic rings. The smallest absolute Gasteiger partial charge is 0.242 e. The summed E-state index contributed by atoms with van der Waals surface area (Å²) in [6.45, 7) is 2.22. The third-order valence-electron chi connectivity index (χ3n) is 3.62. The minimum Gasteiger partial charge on any atom is -0.379 e. The van der Waals surface area contributed by atoms with Gasteiger partial charge in [-0.2, -0.15) is 8.75 Å². The summed E-state index contributed by atoms with van der Waals surface area (Å²) in [6, 6.07) is 4.96. The number of hydrogen-bond donors (Lipinski definition) is 1. The molecule has 1 fully saturated rings. The molecule has 2 heterocycles. The Hall–Kier alpha value is -1.13. The van der Waals surface area contributed by atoms with E-state index in [1.165, 1.54) is 0 Å². The molecule has 1 aromatic carbocycles. The second-order valence-electron chi connectivity index (χ2n) is 5.35. The number of fused-ring (bicyclic) bond motifs is 1. The fourth-order valence-electron chi connectivity index (χ4n) is 2.45. The van der Waals surface area contributed by atoms with E-state index in [4.69, 9.17) is 9.47 Å². The van der Waals surface area contributed by atoms with Crippen LogP contribution >= 0.6 is 11.7 Å². The fourth-order valence-corrected chi connectivity index (χ4v) is 4.29. The first-order chi connectivity index (χ1) is 11.2. The molecule has 1 atom stereocenters. The van der Waals surface area contributed by atoms with Crippen molar-refractivity contribution in [3.05, 3.63) is 18.2 Å². The lowest BCUT2D eigenvalue weighted by atomic mass is 10.2. The zero-order chi connectivity index (χ0) is 16.1. The van der Waals surface area contributed by atoms with Gasteiger partial charge < -0.3 is 9.47 Å². The second-order valence-corrected chi connectivity index (χ2v) is 7.61. The summed E-state index contributed by atoms with van der Waals surface area (Å²) in [7, 11) is -3.59. The summed E-state index contributed by atoms with van der Waals surface area (Å²) in [4.78, 5) is 0.170. The van der Waals surface area contributed by atoms with Crippen molar-refractivity contribution < 1.29 is 17.9 Å². The number of hydrogen-bond acceptors (Lipinski definition) is 7. The van der Waals surface area contributed by atoms with Gasteiger partial charge in [0.05, 0.1) is 24.4 Å². The van der Waals surface area contributed by atoms with Crippen LogP contribution in [0.2, 0.25) is 0 Å². The first kappa shape index (κ1) is 16.7. The maximum absolute atomic E-state index is 12.4. The van der Waals surface area contributed by atoms with Crippen molar-refractivity contribution >= 4 is 32.8 Å². The average molecular weight is 357 g/mol. The van der Waals surface area contributed by atoms with Gasteiger partial charge in [-0.1, -0.05) is 6.07 Å². The fraction of sp³-hybridized carbons (Fsp3) is 0.571. The van der Waals surface area contributed by atoms with Crippen LogP contribution in [0.4, 0.5) is 0 Å². The van der Waals surface area contributed by atoms with Gasteiger partial charge in [-0.3, -0.25) is 0 Å². The molecular weight excluding hydrogens is 338 g/mol. The molecule has 1 saturated heterocycles. The van der Waals surface area contributed by atoms with Crippen molar-refractivity contribution in [3.8, 4) is 0 Å². The van der Waals surface area contributed by atoms with Gasteiger partial charge in [0.2, 0.25) is 10.0 Å². The third kappa shape index (κ3) is 4.24. The number of benzene rings is 1. The molecule has 126 valence electrons. The van der Waals surface area contributed by atoms with Gasteiger partial charge in [0, 0.05) is 19.8 Å². The molecule has 0 aliphatic carbocycles. The summed E-state index contributed by atoms with van der Waals surface area (Å²) < 4.78 is 46.4. The highest BCUT2D eigenvalue weighted by Crippen LogP contribution is 2.20. The van der Waals surface area contributed by atoms with Gasteiger partial charge in [0.1, 0.15) is 15.9 Å². The third-order valence-corrected chi connectivity index (χ3v) is 5.66. The predicted molar refractivity (Wildman–Crippen MR) is 87.0 cm³/mol. The highest BCUT2D eigenvalue weighted by atomic mass is 32.2. The van der Waals surface area contributed by atoms with Crippen molar-refractivity contribution in [2.45, 2.75) is 30.3 Å².